The molecule has 2 aromatic rings. The molecule has 0 spiro atoms. The summed E-state index contributed by atoms with van der Waals surface area (Å²) in [6.45, 7) is 6.04. The maximum Gasteiger partial charge on any atom is 0.271 e. The Morgan fingerprint density at radius 3 is 2.86 bits per heavy atom. The van der Waals surface area contributed by atoms with Gasteiger partial charge in [-0.2, -0.15) is 0 Å². The van der Waals surface area contributed by atoms with Crippen molar-refractivity contribution in [2.75, 3.05) is 7.11 Å². The third-order valence-electron chi connectivity index (χ3n) is 3.66. The molecule has 22 heavy (non-hydrogen) atoms. The highest BCUT2D eigenvalue weighted by atomic mass is 32.2. The van der Waals surface area contributed by atoms with Crippen molar-refractivity contribution in [2.24, 2.45) is 4.99 Å². The Kier molecular flexibility index (Phi) is 3.87. The van der Waals surface area contributed by atoms with E-state index in [2.05, 4.69) is 10.1 Å². The number of ether oxygens (including phenoxy) is 1. The van der Waals surface area contributed by atoms with Crippen LogP contribution < -0.4 is 10.3 Å². The highest BCUT2D eigenvalue weighted by Gasteiger charge is 2.30. The Balaban J connectivity index is 2.17. The third-order valence-corrected chi connectivity index (χ3v) is 4.84. The van der Waals surface area contributed by atoms with E-state index < -0.39 is 0 Å². The van der Waals surface area contributed by atoms with Crippen LogP contribution in [0.5, 0.6) is 5.75 Å². The number of nitrogens with one attached hydrogen (secondary N) is 1. The molecule has 0 radical (unpaired) electrons. The number of H-pyrrole nitrogens is 1. The molecule has 2 heterocycles. The van der Waals surface area contributed by atoms with Gasteiger partial charge in [0.05, 0.1) is 23.0 Å². The molecule has 116 valence electrons. The number of thioether (sulfide) groups is 1. The molecule has 1 N–H and O–H groups in total. The van der Waals surface area contributed by atoms with Crippen LogP contribution in [0.3, 0.4) is 0 Å². The van der Waals surface area contributed by atoms with E-state index >= 15 is 0 Å². The largest absolute Gasteiger partial charge is 0.497 e. The van der Waals surface area contributed by atoms with Crippen molar-refractivity contribution in [1.29, 1.82) is 0 Å². The number of fused-ring (bicyclic) bond motifs is 1. The van der Waals surface area contributed by atoms with Crippen LogP contribution in [0.2, 0.25) is 0 Å². The van der Waals surface area contributed by atoms with Gasteiger partial charge in [-0.15, -0.1) is 0 Å². The lowest BCUT2D eigenvalue weighted by atomic mass is 10.1. The smallest absolute Gasteiger partial charge is 0.271 e. The molecule has 1 aromatic carbocycles. The lowest BCUT2D eigenvalue weighted by Gasteiger charge is -2.21. The van der Waals surface area contributed by atoms with Crippen molar-refractivity contribution >= 4 is 22.6 Å². The normalized spacial score (nSPS) is 17.3. The Morgan fingerprint density at radius 2 is 2.18 bits per heavy atom. The molecule has 5 nitrogen and oxygen atoms in total. The molecule has 0 saturated heterocycles. The third kappa shape index (κ3) is 2.47. The first-order valence-electron chi connectivity index (χ1n) is 7.21. The summed E-state index contributed by atoms with van der Waals surface area (Å²) < 4.78 is 7.14. The Morgan fingerprint density at radius 1 is 1.41 bits per heavy atom. The molecular formula is C16H19N3O2S. The van der Waals surface area contributed by atoms with Crippen LogP contribution >= 0.6 is 11.8 Å². The summed E-state index contributed by atoms with van der Waals surface area (Å²) in [5, 5.41) is 3.80. The zero-order valence-electron chi connectivity index (χ0n) is 13.1. The molecule has 6 heteroatoms. The first-order valence-corrected chi connectivity index (χ1v) is 8.09. The summed E-state index contributed by atoms with van der Waals surface area (Å²) >= 11 is 1.60. The predicted octanol–water partition coefficient (Wildman–Crippen LogP) is 3.65. The van der Waals surface area contributed by atoms with Gasteiger partial charge in [0.2, 0.25) is 0 Å². The molecule has 0 amide bonds. The summed E-state index contributed by atoms with van der Waals surface area (Å²) in [6.07, 6.45) is 0. The minimum Gasteiger partial charge on any atom is -0.497 e. The average molecular weight is 317 g/mol. The van der Waals surface area contributed by atoms with Crippen molar-refractivity contribution < 1.29 is 4.74 Å². The van der Waals surface area contributed by atoms with E-state index in [-0.39, 0.29) is 16.9 Å². The first-order chi connectivity index (χ1) is 10.5. The molecule has 0 aliphatic carbocycles. The lowest BCUT2D eigenvalue weighted by Crippen LogP contribution is -2.13. The van der Waals surface area contributed by atoms with Crippen molar-refractivity contribution in [3.8, 4) is 5.75 Å². The van der Waals surface area contributed by atoms with Gasteiger partial charge in [-0.05, 0) is 38.5 Å². The van der Waals surface area contributed by atoms with Crippen LogP contribution in [0.4, 0.5) is 5.82 Å². The van der Waals surface area contributed by atoms with Gasteiger partial charge in [-0.25, -0.2) is 4.99 Å². The van der Waals surface area contributed by atoms with Crippen LogP contribution in [-0.2, 0) is 0 Å². The van der Waals surface area contributed by atoms with E-state index in [9.17, 15) is 4.79 Å². The lowest BCUT2D eigenvalue weighted by molar-refractivity contribution is 0.414. The average Bonchev–Trinajstić information content (AvgIpc) is 2.83. The number of methoxy groups -OCH3 is 1. The maximum atomic E-state index is 12.4. The standard InChI is InChI=1S/C16H19N3O2S/c1-9(2)19-15-13(16(20)18-19)14(22-10(3)17-15)11-6-5-7-12(8-11)21-4/h5-9,14H,1-4H3,(H,18,20). The van der Waals surface area contributed by atoms with Crippen molar-refractivity contribution in [3.63, 3.8) is 0 Å². The number of aromatic amines is 1. The summed E-state index contributed by atoms with van der Waals surface area (Å²) in [5.74, 6) is 1.53. The van der Waals surface area contributed by atoms with Gasteiger partial charge in [-0.3, -0.25) is 14.6 Å². The second kappa shape index (κ2) is 5.68. The molecule has 1 unspecified atom stereocenters. The molecule has 1 aliphatic heterocycles. The van der Waals surface area contributed by atoms with Crippen LogP contribution in [0.1, 0.15) is 43.2 Å². The van der Waals surface area contributed by atoms with E-state index in [1.807, 2.05) is 49.7 Å². The maximum absolute atomic E-state index is 12.4. The molecule has 1 aromatic heterocycles. The minimum atomic E-state index is -0.0692. The number of hydrogen-bond donors (Lipinski definition) is 1. The summed E-state index contributed by atoms with van der Waals surface area (Å²) in [4.78, 5) is 17.0. The monoisotopic (exact) mass is 317 g/mol. The van der Waals surface area contributed by atoms with Crippen LogP contribution in [0, 0.1) is 0 Å². The number of hydrogen-bond acceptors (Lipinski definition) is 4. The Labute approximate surface area is 133 Å². The molecule has 0 saturated carbocycles. The zero-order valence-corrected chi connectivity index (χ0v) is 13.9. The molecule has 0 fully saturated rings. The molecule has 1 atom stereocenters. The fourth-order valence-corrected chi connectivity index (χ4v) is 3.72. The number of benzene rings is 1. The number of nitrogens with zero attached hydrogens (tertiary/aromatic N) is 2. The second-order valence-corrected chi connectivity index (χ2v) is 6.85. The second-order valence-electron chi connectivity index (χ2n) is 5.55. The van der Waals surface area contributed by atoms with Gasteiger partial charge >= 0.3 is 0 Å². The SMILES string of the molecule is COc1cccc(C2SC(C)=Nc3c2c(=O)[nH]n3C(C)C)c1. The van der Waals surface area contributed by atoms with Gasteiger partial charge in [0.1, 0.15) is 5.75 Å². The van der Waals surface area contributed by atoms with Gasteiger partial charge in [0, 0.05) is 6.04 Å². The van der Waals surface area contributed by atoms with Gasteiger partial charge in [-0.1, -0.05) is 23.9 Å². The summed E-state index contributed by atoms with van der Waals surface area (Å²) in [6, 6.07) is 8.01. The number of aromatic nitrogens is 2. The van der Waals surface area contributed by atoms with E-state index in [0.29, 0.717) is 0 Å². The van der Waals surface area contributed by atoms with E-state index in [1.54, 1.807) is 18.9 Å². The molecule has 1 aliphatic rings. The highest BCUT2D eigenvalue weighted by molar-refractivity contribution is 8.14. The molecule has 0 bridgehead atoms. The minimum absolute atomic E-state index is 0.0636. The van der Waals surface area contributed by atoms with E-state index in [0.717, 1.165) is 27.7 Å². The van der Waals surface area contributed by atoms with Crippen LogP contribution in [-0.4, -0.2) is 21.9 Å². The zero-order chi connectivity index (χ0) is 15.9. The quantitative estimate of drug-likeness (QED) is 0.940. The van der Waals surface area contributed by atoms with Gasteiger partial charge < -0.3 is 4.74 Å². The molecular weight excluding hydrogens is 298 g/mol. The topological polar surface area (TPSA) is 59.4 Å². The molecule has 3 rings (SSSR count). The van der Waals surface area contributed by atoms with E-state index in [1.165, 1.54) is 0 Å². The van der Waals surface area contributed by atoms with Crippen LogP contribution in [0.25, 0.3) is 0 Å². The van der Waals surface area contributed by atoms with Gasteiger partial charge in [0.15, 0.2) is 5.82 Å². The summed E-state index contributed by atoms with van der Waals surface area (Å²) in [7, 11) is 1.65. The fraction of sp³-hybridized carbons (Fsp3) is 0.375. The Bertz CT molecular complexity index is 789. The van der Waals surface area contributed by atoms with Crippen LogP contribution in [0.15, 0.2) is 34.1 Å². The van der Waals surface area contributed by atoms with Crippen molar-refractivity contribution in [2.45, 2.75) is 32.1 Å². The van der Waals surface area contributed by atoms with E-state index in [4.69, 9.17) is 4.74 Å². The fourth-order valence-electron chi connectivity index (χ4n) is 2.62. The van der Waals surface area contributed by atoms with Crippen molar-refractivity contribution in [3.05, 3.63) is 45.7 Å². The predicted molar refractivity (Wildman–Crippen MR) is 90.6 cm³/mol. The highest BCUT2D eigenvalue weighted by Crippen LogP contribution is 2.44. The first kappa shape index (κ1) is 15.0. The Hall–Kier alpha value is -1.95. The van der Waals surface area contributed by atoms with Gasteiger partial charge in [0.25, 0.3) is 5.56 Å². The van der Waals surface area contributed by atoms with Crippen molar-refractivity contribution in [1.82, 2.24) is 9.78 Å². The number of rotatable bonds is 3. The summed E-state index contributed by atoms with van der Waals surface area (Å²) in [5.41, 5.74) is 1.70. The number of aliphatic imine (C=N–C) groups is 1.